The average molecular weight is 318 g/mol. The lowest BCUT2D eigenvalue weighted by molar-refractivity contribution is 0.0620. The summed E-state index contributed by atoms with van der Waals surface area (Å²) in [7, 11) is 0. The second-order valence-corrected chi connectivity index (χ2v) is 6.46. The molecule has 5 nitrogen and oxygen atoms in total. The summed E-state index contributed by atoms with van der Waals surface area (Å²) in [6, 6.07) is 5.06. The van der Waals surface area contributed by atoms with Gasteiger partial charge in [0.15, 0.2) is 5.78 Å². The number of nitrogens with one attached hydrogen (secondary N) is 1. The number of rotatable bonds is 6. The predicted molar refractivity (Wildman–Crippen MR) is 90.2 cm³/mol. The Morgan fingerprint density at radius 3 is 2.65 bits per heavy atom. The number of Topliss-reactive ketones (excluding diaryl/α,β-unsaturated/α-hetero) is 1. The highest BCUT2D eigenvalue weighted by molar-refractivity contribution is 6.03. The molecule has 0 unspecified atom stereocenters. The average Bonchev–Trinajstić information content (AvgIpc) is 2.50. The van der Waals surface area contributed by atoms with Crippen molar-refractivity contribution in [3.63, 3.8) is 0 Å². The van der Waals surface area contributed by atoms with Crippen LogP contribution in [0.5, 0.6) is 5.75 Å². The standard InChI is InChI=1S/C18H26N2O3/c1-5-20(6-2)10-9-19-17(22)13-7-8-16-14(11-13)15(21)12-18(3,4)23-16/h7-8,11H,5-6,9-10,12H2,1-4H3,(H,19,22). The van der Waals surface area contributed by atoms with E-state index in [1.807, 2.05) is 13.8 Å². The van der Waals surface area contributed by atoms with E-state index in [0.29, 0.717) is 29.8 Å². The minimum atomic E-state index is -0.488. The van der Waals surface area contributed by atoms with Crippen molar-refractivity contribution >= 4 is 11.7 Å². The molecular weight excluding hydrogens is 292 g/mol. The molecule has 1 aromatic rings. The van der Waals surface area contributed by atoms with E-state index in [-0.39, 0.29) is 11.7 Å². The Bertz CT molecular complexity index is 592. The normalized spacial score (nSPS) is 16.0. The summed E-state index contributed by atoms with van der Waals surface area (Å²) >= 11 is 0. The van der Waals surface area contributed by atoms with Gasteiger partial charge in [-0.3, -0.25) is 9.59 Å². The smallest absolute Gasteiger partial charge is 0.251 e. The Kier molecular flexibility index (Phi) is 5.42. The number of nitrogens with zero attached hydrogens (tertiary/aromatic N) is 1. The summed E-state index contributed by atoms with van der Waals surface area (Å²) in [6.07, 6.45) is 0.326. The van der Waals surface area contributed by atoms with E-state index >= 15 is 0 Å². The first-order chi connectivity index (χ1) is 10.9. The second kappa shape index (κ2) is 7.13. The van der Waals surface area contributed by atoms with Crippen molar-refractivity contribution in [1.82, 2.24) is 10.2 Å². The molecule has 23 heavy (non-hydrogen) atoms. The van der Waals surface area contributed by atoms with Crippen LogP contribution in [0, 0.1) is 0 Å². The largest absolute Gasteiger partial charge is 0.487 e. The van der Waals surface area contributed by atoms with E-state index in [2.05, 4.69) is 24.1 Å². The lowest BCUT2D eigenvalue weighted by atomic mass is 9.92. The zero-order valence-electron chi connectivity index (χ0n) is 14.4. The first kappa shape index (κ1) is 17.5. The van der Waals surface area contributed by atoms with Gasteiger partial charge in [-0.05, 0) is 45.1 Å². The molecule has 0 saturated heterocycles. The summed E-state index contributed by atoms with van der Waals surface area (Å²) in [5.74, 6) is 0.428. The third kappa shape index (κ3) is 4.32. The van der Waals surface area contributed by atoms with E-state index in [1.54, 1.807) is 18.2 Å². The van der Waals surface area contributed by atoms with Gasteiger partial charge in [-0.15, -0.1) is 0 Å². The van der Waals surface area contributed by atoms with Crippen molar-refractivity contribution in [3.05, 3.63) is 29.3 Å². The summed E-state index contributed by atoms with van der Waals surface area (Å²) in [5, 5.41) is 2.90. The predicted octanol–water partition coefficient (Wildman–Crippen LogP) is 2.50. The van der Waals surface area contributed by atoms with Crippen LogP contribution >= 0.6 is 0 Å². The van der Waals surface area contributed by atoms with Crippen LogP contribution in [0.25, 0.3) is 0 Å². The quantitative estimate of drug-likeness (QED) is 0.875. The molecule has 0 saturated carbocycles. The minimum absolute atomic E-state index is 0.0223. The van der Waals surface area contributed by atoms with Crippen LogP contribution in [0.15, 0.2) is 18.2 Å². The van der Waals surface area contributed by atoms with Gasteiger partial charge in [0.2, 0.25) is 0 Å². The highest BCUT2D eigenvalue weighted by Crippen LogP contribution is 2.33. The molecule has 1 aliphatic heterocycles. The van der Waals surface area contributed by atoms with Crippen LogP contribution in [0.3, 0.4) is 0 Å². The molecule has 1 aromatic carbocycles. The molecule has 0 spiro atoms. The van der Waals surface area contributed by atoms with E-state index in [0.717, 1.165) is 19.6 Å². The molecule has 1 heterocycles. The van der Waals surface area contributed by atoms with Crippen LogP contribution in [-0.4, -0.2) is 48.4 Å². The minimum Gasteiger partial charge on any atom is -0.487 e. The van der Waals surface area contributed by atoms with Crippen LogP contribution in [-0.2, 0) is 0 Å². The van der Waals surface area contributed by atoms with E-state index < -0.39 is 5.60 Å². The van der Waals surface area contributed by atoms with E-state index in [9.17, 15) is 9.59 Å². The third-order valence-corrected chi connectivity index (χ3v) is 4.12. The summed E-state index contributed by atoms with van der Waals surface area (Å²) < 4.78 is 5.81. The highest BCUT2D eigenvalue weighted by atomic mass is 16.5. The number of ketones is 1. The lowest BCUT2D eigenvalue weighted by Crippen LogP contribution is -2.36. The fourth-order valence-electron chi connectivity index (χ4n) is 2.76. The maximum absolute atomic E-state index is 12.2. The fraction of sp³-hybridized carbons (Fsp3) is 0.556. The van der Waals surface area contributed by atoms with Gasteiger partial charge in [0.25, 0.3) is 5.91 Å². The zero-order chi connectivity index (χ0) is 17.0. The number of ether oxygens (including phenoxy) is 1. The monoisotopic (exact) mass is 318 g/mol. The van der Waals surface area contributed by atoms with Gasteiger partial charge in [0.05, 0.1) is 12.0 Å². The number of amides is 1. The highest BCUT2D eigenvalue weighted by Gasteiger charge is 2.32. The van der Waals surface area contributed by atoms with Gasteiger partial charge in [0, 0.05) is 18.7 Å². The number of carbonyl (C=O) groups excluding carboxylic acids is 2. The zero-order valence-corrected chi connectivity index (χ0v) is 14.4. The molecule has 2 rings (SSSR count). The number of benzene rings is 1. The van der Waals surface area contributed by atoms with Crippen molar-refractivity contribution in [1.29, 1.82) is 0 Å². The number of likely N-dealkylation sites (N-methyl/N-ethyl adjacent to an activating group) is 1. The van der Waals surface area contributed by atoms with Gasteiger partial charge >= 0.3 is 0 Å². The molecule has 5 heteroatoms. The third-order valence-electron chi connectivity index (χ3n) is 4.12. The molecule has 0 bridgehead atoms. The van der Waals surface area contributed by atoms with Crippen molar-refractivity contribution in [3.8, 4) is 5.75 Å². The van der Waals surface area contributed by atoms with Crippen molar-refractivity contribution in [2.24, 2.45) is 0 Å². The van der Waals surface area contributed by atoms with Gasteiger partial charge in [-0.1, -0.05) is 13.8 Å². The topological polar surface area (TPSA) is 58.6 Å². The maximum Gasteiger partial charge on any atom is 0.251 e. The van der Waals surface area contributed by atoms with Gasteiger partial charge in [0.1, 0.15) is 11.4 Å². The number of fused-ring (bicyclic) bond motifs is 1. The molecule has 0 aromatic heterocycles. The van der Waals surface area contributed by atoms with Gasteiger partial charge in [-0.2, -0.15) is 0 Å². The molecular formula is C18H26N2O3. The van der Waals surface area contributed by atoms with Crippen molar-refractivity contribution in [2.45, 2.75) is 39.7 Å². The summed E-state index contributed by atoms with van der Waals surface area (Å²) in [6.45, 7) is 11.3. The maximum atomic E-state index is 12.2. The van der Waals surface area contributed by atoms with Gasteiger partial charge < -0.3 is 15.0 Å². The molecule has 1 aliphatic rings. The first-order valence-corrected chi connectivity index (χ1v) is 8.23. The van der Waals surface area contributed by atoms with Crippen LogP contribution < -0.4 is 10.1 Å². The number of hydrogen-bond donors (Lipinski definition) is 1. The molecule has 1 amide bonds. The first-order valence-electron chi connectivity index (χ1n) is 8.23. The molecule has 0 radical (unpaired) electrons. The van der Waals surface area contributed by atoms with Crippen LogP contribution in [0.1, 0.15) is 54.8 Å². The Labute approximate surface area is 138 Å². The molecule has 0 aliphatic carbocycles. The molecule has 126 valence electrons. The fourth-order valence-corrected chi connectivity index (χ4v) is 2.76. The Balaban J connectivity index is 2.03. The van der Waals surface area contributed by atoms with E-state index in [4.69, 9.17) is 4.74 Å². The summed E-state index contributed by atoms with van der Waals surface area (Å²) in [5.41, 5.74) is 0.512. The Morgan fingerprint density at radius 1 is 1.30 bits per heavy atom. The van der Waals surface area contributed by atoms with E-state index in [1.165, 1.54) is 0 Å². The molecule has 0 atom stereocenters. The van der Waals surface area contributed by atoms with Gasteiger partial charge in [-0.25, -0.2) is 0 Å². The van der Waals surface area contributed by atoms with Crippen molar-refractivity contribution in [2.75, 3.05) is 26.2 Å². The number of carbonyl (C=O) groups is 2. The molecule has 0 fully saturated rings. The SMILES string of the molecule is CCN(CC)CCNC(=O)c1ccc2c(c1)C(=O)CC(C)(C)O2. The second-order valence-electron chi connectivity index (χ2n) is 6.46. The van der Waals surface area contributed by atoms with Crippen molar-refractivity contribution < 1.29 is 14.3 Å². The van der Waals surface area contributed by atoms with Crippen LogP contribution in [0.2, 0.25) is 0 Å². The van der Waals surface area contributed by atoms with Crippen LogP contribution in [0.4, 0.5) is 0 Å². The lowest BCUT2D eigenvalue weighted by Gasteiger charge is -2.31. The number of hydrogen-bond acceptors (Lipinski definition) is 4. The summed E-state index contributed by atoms with van der Waals surface area (Å²) in [4.78, 5) is 26.7. The molecule has 1 N–H and O–H groups in total. The Morgan fingerprint density at radius 2 is 2.00 bits per heavy atom. The Hall–Kier alpha value is -1.88.